The molecule has 3 aromatic rings. The fourth-order valence-electron chi connectivity index (χ4n) is 2.16. The highest BCUT2D eigenvalue weighted by atomic mass is 16.3. The van der Waals surface area contributed by atoms with E-state index < -0.39 is 0 Å². The molecule has 0 aliphatic rings. The third-order valence-electron chi connectivity index (χ3n) is 3.25. The summed E-state index contributed by atoms with van der Waals surface area (Å²) in [5, 5.41) is 7.27. The molecule has 0 spiro atoms. The minimum atomic E-state index is 0.00144. The summed E-state index contributed by atoms with van der Waals surface area (Å²) in [6.45, 7) is 0. The molecule has 0 fully saturated rings. The SMILES string of the molecule is CNc1ccc2c(=O)c3ccc(NC)cc3oc2c1. The Balaban J connectivity index is 2.41. The zero-order chi connectivity index (χ0) is 13.4. The van der Waals surface area contributed by atoms with Crippen molar-refractivity contribution in [1.29, 1.82) is 0 Å². The van der Waals surface area contributed by atoms with Gasteiger partial charge in [0.25, 0.3) is 0 Å². The third kappa shape index (κ3) is 1.81. The summed E-state index contributed by atoms with van der Waals surface area (Å²) in [5.41, 5.74) is 3.02. The summed E-state index contributed by atoms with van der Waals surface area (Å²) in [4.78, 5) is 12.4. The van der Waals surface area contributed by atoms with Crippen molar-refractivity contribution in [2.24, 2.45) is 0 Å². The molecule has 2 aromatic carbocycles. The number of nitrogens with one attached hydrogen (secondary N) is 2. The largest absolute Gasteiger partial charge is 0.456 e. The molecule has 1 aromatic heterocycles. The molecule has 0 amide bonds. The van der Waals surface area contributed by atoms with Crippen LogP contribution in [-0.2, 0) is 0 Å². The molecule has 0 saturated carbocycles. The van der Waals surface area contributed by atoms with Crippen molar-refractivity contribution in [1.82, 2.24) is 0 Å². The lowest BCUT2D eigenvalue weighted by Crippen LogP contribution is -2.03. The first-order valence-corrected chi connectivity index (χ1v) is 6.09. The van der Waals surface area contributed by atoms with Crippen LogP contribution in [0.3, 0.4) is 0 Å². The molecule has 19 heavy (non-hydrogen) atoms. The lowest BCUT2D eigenvalue weighted by molar-refractivity contribution is 0.660. The van der Waals surface area contributed by atoms with Crippen LogP contribution in [-0.4, -0.2) is 14.1 Å². The number of hydrogen-bond acceptors (Lipinski definition) is 4. The molecule has 3 rings (SSSR count). The van der Waals surface area contributed by atoms with Crippen molar-refractivity contribution in [3.05, 3.63) is 46.6 Å². The van der Waals surface area contributed by atoms with Gasteiger partial charge in [0.05, 0.1) is 10.8 Å². The molecule has 0 aliphatic heterocycles. The molecular formula is C15H14N2O2. The van der Waals surface area contributed by atoms with Gasteiger partial charge in [0.2, 0.25) is 5.43 Å². The summed E-state index contributed by atoms with van der Waals surface area (Å²) in [7, 11) is 3.67. The van der Waals surface area contributed by atoms with Gasteiger partial charge < -0.3 is 15.1 Å². The predicted octanol–water partition coefficient (Wildman–Crippen LogP) is 3.03. The quantitative estimate of drug-likeness (QED) is 0.690. The number of fused-ring (bicyclic) bond motifs is 2. The van der Waals surface area contributed by atoms with Crippen LogP contribution in [0.2, 0.25) is 0 Å². The second-order valence-electron chi connectivity index (χ2n) is 4.35. The Morgan fingerprint density at radius 1 is 0.842 bits per heavy atom. The molecule has 96 valence electrons. The summed E-state index contributed by atoms with van der Waals surface area (Å²) in [6, 6.07) is 11.0. The summed E-state index contributed by atoms with van der Waals surface area (Å²) in [5.74, 6) is 0. The fourth-order valence-corrected chi connectivity index (χ4v) is 2.16. The van der Waals surface area contributed by atoms with Gasteiger partial charge in [-0.1, -0.05) is 0 Å². The van der Waals surface area contributed by atoms with Crippen LogP contribution in [0.15, 0.2) is 45.6 Å². The highest BCUT2D eigenvalue weighted by Gasteiger charge is 2.08. The minimum Gasteiger partial charge on any atom is -0.456 e. The summed E-state index contributed by atoms with van der Waals surface area (Å²) in [6.07, 6.45) is 0. The zero-order valence-corrected chi connectivity index (χ0v) is 10.8. The van der Waals surface area contributed by atoms with Gasteiger partial charge in [0.1, 0.15) is 11.2 Å². The second-order valence-corrected chi connectivity index (χ2v) is 4.35. The van der Waals surface area contributed by atoms with Crippen LogP contribution in [0.25, 0.3) is 21.9 Å². The van der Waals surface area contributed by atoms with E-state index in [-0.39, 0.29) is 5.43 Å². The van der Waals surface area contributed by atoms with E-state index in [0.29, 0.717) is 21.9 Å². The van der Waals surface area contributed by atoms with Crippen molar-refractivity contribution >= 4 is 33.3 Å². The van der Waals surface area contributed by atoms with Crippen LogP contribution >= 0.6 is 0 Å². The number of hydrogen-bond donors (Lipinski definition) is 2. The van der Waals surface area contributed by atoms with Gasteiger partial charge in [-0.05, 0) is 24.3 Å². The Morgan fingerprint density at radius 3 is 1.74 bits per heavy atom. The van der Waals surface area contributed by atoms with Gasteiger partial charge in [0, 0.05) is 37.6 Å². The maximum absolute atomic E-state index is 12.4. The van der Waals surface area contributed by atoms with Crippen LogP contribution in [0.1, 0.15) is 0 Å². The molecule has 2 N–H and O–H groups in total. The number of anilines is 2. The average molecular weight is 254 g/mol. The normalized spacial score (nSPS) is 10.8. The molecule has 1 heterocycles. The molecule has 0 bridgehead atoms. The van der Waals surface area contributed by atoms with Crippen LogP contribution in [0.4, 0.5) is 11.4 Å². The number of rotatable bonds is 2. The van der Waals surface area contributed by atoms with Crippen molar-refractivity contribution in [3.63, 3.8) is 0 Å². The number of benzene rings is 2. The summed E-state index contributed by atoms with van der Waals surface area (Å²) < 4.78 is 5.83. The first kappa shape index (κ1) is 11.6. The molecule has 0 saturated heterocycles. The van der Waals surface area contributed by atoms with E-state index in [1.165, 1.54) is 0 Å². The Hall–Kier alpha value is -2.49. The molecule has 4 heteroatoms. The van der Waals surface area contributed by atoms with Gasteiger partial charge >= 0.3 is 0 Å². The Morgan fingerprint density at radius 2 is 1.32 bits per heavy atom. The lowest BCUT2D eigenvalue weighted by atomic mass is 10.1. The molecule has 0 radical (unpaired) electrons. The van der Waals surface area contributed by atoms with E-state index in [4.69, 9.17) is 4.42 Å². The van der Waals surface area contributed by atoms with Gasteiger partial charge in [-0.15, -0.1) is 0 Å². The first-order valence-electron chi connectivity index (χ1n) is 6.09. The molecule has 4 nitrogen and oxygen atoms in total. The monoisotopic (exact) mass is 254 g/mol. The van der Waals surface area contributed by atoms with E-state index in [9.17, 15) is 4.79 Å². The van der Waals surface area contributed by atoms with E-state index in [1.807, 2.05) is 38.4 Å². The standard InChI is InChI=1S/C15H14N2O2/c1-16-9-3-5-11-13(7-9)19-14-8-10(17-2)4-6-12(14)15(11)18/h3-8,16-17H,1-2H3. The average Bonchev–Trinajstić information content (AvgIpc) is 2.46. The summed E-state index contributed by atoms with van der Waals surface area (Å²) >= 11 is 0. The minimum absolute atomic E-state index is 0.00144. The molecule has 0 aliphatic carbocycles. The van der Waals surface area contributed by atoms with Crippen molar-refractivity contribution in [2.75, 3.05) is 24.7 Å². The van der Waals surface area contributed by atoms with Crippen LogP contribution < -0.4 is 16.1 Å². The van der Waals surface area contributed by atoms with E-state index in [1.54, 1.807) is 12.1 Å². The highest BCUT2D eigenvalue weighted by molar-refractivity contribution is 5.92. The highest BCUT2D eigenvalue weighted by Crippen LogP contribution is 2.23. The maximum atomic E-state index is 12.4. The van der Waals surface area contributed by atoms with Gasteiger partial charge in [-0.2, -0.15) is 0 Å². The fraction of sp³-hybridized carbons (Fsp3) is 0.133. The Kier molecular flexibility index (Phi) is 2.63. The smallest absolute Gasteiger partial charge is 0.200 e. The Bertz CT molecular complexity index is 756. The van der Waals surface area contributed by atoms with E-state index >= 15 is 0 Å². The van der Waals surface area contributed by atoms with E-state index in [0.717, 1.165) is 11.4 Å². The van der Waals surface area contributed by atoms with E-state index in [2.05, 4.69) is 10.6 Å². The maximum Gasteiger partial charge on any atom is 0.200 e. The lowest BCUT2D eigenvalue weighted by Gasteiger charge is -2.05. The van der Waals surface area contributed by atoms with Gasteiger partial charge in [-0.25, -0.2) is 0 Å². The topological polar surface area (TPSA) is 54.3 Å². The van der Waals surface area contributed by atoms with Crippen molar-refractivity contribution < 1.29 is 4.42 Å². The molecule has 0 unspecified atom stereocenters. The second kappa shape index (κ2) is 4.31. The van der Waals surface area contributed by atoms with Crippen molar-refractivity contribution in [3.8, 4) is 0 Å². The predicted molar refractivity (Wildman–Crippen MR) is 79.1 cm³/mol. The third-order valence-corrected chi connectivity index (χ3v) is 3.25. The molecular weight excluding hydrogens is 240 g/mol. The zero-order valence-electron chi connectivity index (χ0n) is 10.8. The van der Waals surface area contributed by atoms with Crippen LogP contribution in [0, 0.1) is 0 Å². The van der Waals surface area contributed by atoms with Gasteiger partial charge in [0.15, 0.2) is 0 Å². The Labute approximate surface area is 110 Å². The van der Waals surface area contributed by atoms with Crippen LogP contribution in [0.5, 0.6) is 0 Å². The van der Waals surface area contributed by atoms with Gasteiger partial charge in [-0.3, -0.25) is 4.79 Å². The molecule has 0 atom stereocenters. The first-order chi connectivity index (χ1) is 9.22. The van der Waals surface area contributed by atoms with Crippen molar-refractivity contribution in [2.45, 2.75) is 0 Å².